The molecule has 0 aliphatic carbocycles. The molecule has 2 aromatic rings. The van der Waals surface area contributed by atoms with Crippen molar-refractivity contribution in [3.05, 3.63) is 54.4 Å². The van der Waals surface area contributed by atoms with E-state index in [1.165, 1.54) is 18.3 Å². The number of carbonyl (C=O) groups is 1. The summed E-state index contributed by atoms with van der Waals surface area (Å²) >= 11 is 0. The maximum atomic E-state index is 13.0. The minimum Gasteiger partial charge on any atom is -0.346 e. The van der Waals surface area contributed by atoms with Crippen LogP contribution in [0.5, 0.6) is 0 Å². The Hall–Kier alpha value is -2.45. The Balaban J connectivity index is 1.75. The summed E-state index contributed by atoms with van der Waals surface area (Å²) in [5.41, 5.74) is -0.0349. The fraction of sp³-hybridized carbons (Fsp3) is 0.455. The minimum absolute atomic E-state index is 0.0612. The second kappa shape index (κ2) is 9.14. The Bertz CT molecular complexity index is 969. The van der Waals surface area contributed by atoms with Crippen molar-refractivity contribution in [1.82, 2.24) is 15.2 Å². The first-order valence-corrected chi connectivity index (χ1v) is 11.7. The van der Waals surface area contributed by atoms with Gasteiger partial charge in [-0.05, 0) is 70.0 Å². The van der Waals surface area contributed by atoms with Crippen LogP contribution in [0, 0.1) is 5.92 Å². The zero-order valence-corrected chi connectivity index (χ0v) is 18.6. The number of rotatable bonds is 7. The molecule has 1 amide bonds. The lowest BCUT2D eigenvalue weighted by atomic mass is 9.96. The number of amides is 1. The molecule has 3 rings (SSSR count). The van der Waals surface area contributed by atoms with Crippen LogP contribution in [-0.4, -0.2) is 49.4 Å². The average molecular weight is 431 g/mol. The van der Waals surface area contributed by atoms with E-state index in [0.29, 0.717) is 12.2 Å². The van der Waals surface area contributed by atoms with Crippen LogP contribution in [-0.2, 0) is 10.0 Å². The lowest BCUT2D eigenvalue weighted by Gasteiger charge is -2.37. The largest absolute Gasteiger partial charge is 0.346 e. The van der Waals surface area contributed by atoms with Gasteiger partial charge in [0.25, 0.3) is 15.9 Å². The molecular formula is C22H30N4O3S. The molecule has 1 fully saturated rings. The second-order valence-electron chi connectivity index (χ2n) is 8.64. The van der Waals surface area contributed by atoms with Crippen molar-refractivity contribution < 1.29 is 13.2 Å². The van der Waals surface area contributed by atoms with Crippen LogP contribution in [0.15, 0.2) is 53.7 Å². The molecule has 1 aliphatic heterocycles. The Kier molecular flexibility index (Phi) is 6.77. The summed E-state index contributed by atoms with van der Waals surface area (Å²) in [7, 11) is -3.94. The van der Waals surface area contributed by atoms with Gasteiger partial charge in [-0.1, -0.05) is 19.1 Å². The van der Waals surface area contributed by atoms with Gasteiger partial charge in [0.1, 0.15) is 4.90 Å². The van der Waals surface area contributed by atoms with Gasteiger partial charge in [0, 0.05) is 18.3 Å². The third kappa shape index (κ3) is 5.79. The number of nitrogens with zero attached hydrogens (tertiary/aromatic N) is 2. The van der Waals surface area contributed by atoms with Crippen LogP contribution >= 0.6 is 0 Å². The number of benzene rings is 1. The van der Waals surface area contributed by atoms with Gasteiger partial charge in [0.2, 0.25) is 0 Å². The zero-order chi connectivity index (χ0) is 21.8. The molecule has 1 aliphatic rings. The summed E-state index contributed by atoms with van der Waals surface area (Å²) < 4.78 is 28.3. The molecule has 7 nitrogen and oxygen atoms in total. The topological polar surface area (TPSA) is 91.4 Å². The van der Waals surface area contributed by atoms with Crippen molar-refractivity contribution in [1.29, 1.82) is 0 Å². The van der Waals surface area contributed by atoms with E-state index in [4.69, 9.17) is 0 Å². The Morgan fingerprint density at radius 2 is 1.87 bits per heavy atom. The number of aromatic nitrogens is 1. The molecule has 0 spiro atoms. The lowest BCUT2D eigenvalue weighted by Crippen LogP contribution is -2.53. The van der Waals surface area contributed by atoms with E-state index in [0.717, 1.165) is 31.8 Å². The lowest BCUT2D eigenvalue weighted by molar-refractivity contribution is 0.0864. The highest BCUT2D eigenvalue weighted by atomic mass is 32.2. The van der Waals surface area contributed by atoms with E-state index in [2.05, 4.69) is 26.8 Å². The van der Waals surface area contributed by atoms with Gasteiger partial charge in [0.15, 0.2) is 0 Å². The third-order valence-electron chi connectivity index (χ3n) is 5.28. The summed E-state index contributed by atoms with van der Waals surface area (Å²) in [5, 5.41) is 3.02. The molecule has 0 atom stereocenters. The quantitative estimate of drug-likeness (QED) is 0.704. The Morgan fingerprint density at radius 1 is 1.17 bits per heavy atom. The fourth-order valence-electron chi connectivity index (χ4n) is 3.72. The standard InChI is InChI=1S/C22H30N4O3S/c1-17-10-13-26(14-11-17)16-22(2,3)24-21(27)19-8-4-5-9-20(19)30(28,29)25-18-7-6-12-23-15-18/h4-9,12,15,17,25H,10-11,13-14,16H2,1-3H3,(H,24,27). The second-order valence-corrected chi connectivity index (χ2v) is 10.3. The first kappa shape index (κ1) is 22.2. The van der Waals surface area contributed by atoms with E-state index in [1.54, 1.807) is 30.5 Å². The molecule has 162 valence electrons. The predicted molar refractivity (Wildman–Crippen MR) is 118 cm³/mol. The Morgan fingerprint density at radius 3 is 2.53 bits per heavy atom. The molecule has 8 heteroatoms. The summed E-state index contributed by atoms with van der Waals surface area (Å²) in [4.78, 5) is 19.3. The van der Waals surface area contributed by atoms with Gasteiger partial charge in [-0.2, -0.15) is 0 Å². The van der Waals surface area contributed by atoms with Crippen molar-refractivity contribution in [2.45, 2.75) is 44.0 Å². The summed E-state index contributed by atoms with van der Waals surface area (Å²) in [6, 6.07) is 9.49. The molecule has 1 saturated heterocycles. The molecule has 2 heterocycles. The van der Waals surface area contributed by atoms with Crippen molar-refractivity contribution in [3.63, 3.8) is 0 Å². The zero-order valence-electron chi connectivity index (χ0n) is 17.8. The maximum absolute atomic E-state index is 13.0. The van der Waals surface area contributed by atoms with Gasteiger partial charge < -0.3 is 10.2 Å². The normalized spacial score (nSPS) is 16.2. The predicted octanol–water partition coefficient (Wildman–Crippen LogP) is 3.12. The first-order valence-electron chi connectivity index (χ1n) is 10.2. The smallest absolute Gasteiger partial charge is 0.262 e. The van der Waals surface area contributed by atoms with Gasteiger partial charge in [-0.25, -0.2) is 8.42 Å². The molecule has 1 aromatic carbocycles. The number of sulfonamides is 1. The number of pyridine rings is 1. The van der Waals surface area contributed by atoms with E-state index in [-0.39, 0.29) is 10.5 Å². The van der Waals surface area contributed by atoms with E-state index >= 15 is 0 Å². The Labute approximate surface area is 178 Å². The SMILES string of the molecule is CC1CCN(CC(C)(C)NC(=O)c2ccccc2S(=O)(=O)Nc2cccnc2)CC1. The maximum Gasteiger partial charge on any atom is 0.262 e. The van der Waals surface area contributed by atoms with Crippen molar-refractivity contribution in [3.8, 4) is 0 Å². The molecular weight excluding hydrogens is 400 g/mol. The van der Waals surface area contributed by atoms with Gasteiger partial charge in [-0.3, -0.25) is 14.5 Å². The molecule has 0 unspecified atom stereocenters. The highest BCUT2D eigenvalue weighted by Crippen LogP contribution is 2.21. The van der Waals surface area contributed by atoms with Gasteiger partial charge in [0.05, 0.1) is 17.4 Å². The highest BCUT2D eigenvalue weighted by molar-refractivity contribution is 7.92. The number of piperidine rings is 1. The minimum atomic E-state index is -3.94. The van der Waals surface area contributed by atoms with Crippen LogP contribution < -0.4 is 10.0 Å². The molecule has 1 aromatic heterocycles. The number of anilines is 1. The average Bonchev–Trinajstić information content (AvgIpc) is 2.69. The first-order chi connectivity index (χ1) is 14.2. The van der Waals surface area contributed by atoms with Crippen molar-refractivity contribution >= 4 is 21.6 Å². The molecule has 0 saturated carbocycles. The molecule has 2 N–H and O–H groups in total. The van der Waals surface area contributed by atoms with E-state index < -0.39 is 21.5 Å². The highest BCUT2D eigenvalue weighted by Gasteiger charge is 2.29. The van der Waals surface area contributed by atoms with Crippen LogP contribution in [0.1, 0.15) is 44.0 Å². The third-order valence-corrected chi connectivity index (χ3v) is 6.72. The van der Waals surface area contributed by atoms with Crippen molar-refractivity contribution in [2.24, 2.45) is 5.92 Å². The summed E-state index contributed by atoms with van der Waals surface area (Å²) in [5.74, 6) is 0.334. The fourth-order valence-corrected chi connectivity index (χ4v) is 4.96. The number of hydrogen-bond donors (Lipinski definition) is 2. The van der Waals surface area contributed by atoms with E-state index in [1.807, 2.05) is 13.8 Å². The van der Waals surface area contributed by atoms with Gasteiger partial charge in [-0.15, -0.1) is 0 Å². The summed E-state index contributed by atoms with van der Waals surface area (Å²) in [6.07, 6.45) is 5.29. The number of carbonyl (C=O) groups excluding carboxylic acids is 1. The van der Waals surface area contributed by atoms with Crippen LogP contribution in [0.25, 0.3) is 0 Å². The monoisotopic (exact) mass is 430 g/mol. The number of hydrogen-bond acceptors (Lipinski definition) is 5. The van der Waals surface area contributed by atoms with Gasteiger partial charge >= 0.3 is 0 Å². The van der Waals surface area contributed by atoms with Crippen LogP contribution in [0.4, 0.5) is 5.69 Å². The molecule has 0 bridgehead atoms. The van der Waals surface area contributed by atoms with Crippen LogP contribution in [0.3, 0.4) is 0 Å². The van der Waals surface area contributed by atoms with Crippen molar-refractivity contribution in [2.75, 3.05) is 24.4 Å². The molecule has 0 radical (unpaired) electrons. The number of nitrogens with one attached hydrogen (secondary N) is 2. The van der Waals surface area contributed by atoms with E-state index in [9.17, 15) is 13.2 Å². The summed E-state index contributed by atoms with van der Waals surface area (Å²) in [6.45, 7) is 8.94. The number of likely N-dealkylation sites (tertiary alicyclic amines) is 1. The molecule has 30 heavy (non-hydrogen) atoms. The van der Waals surface area contributed by atoms with Crippen LogP contribution in [0.2, 0.25) is 0 Å².